The van der Waals surface area contributed by atoms with Crippen LogP contribution in [0.1, 0.15) is 40.5 Å². The molecule has 0 bridgehead atoms. The van der Waals surface area contributed by atoms with Crippen molar-refractivity contribution in [3.05, 3.63) is 42.6 Å². The molecule has 1 aromatic carbocycles. The van der Waals surface area contributed by atoms with Crippen LogP contribution in [0.2, 0.25) is 0 Å². The highest BCUT2D eigenvalue weighted by Crippen LogP contribution is 2.24. The van der Waals surface area contributed by atoms with Gasteiger partial charge >= 0.3 is 6.09 Å². The summed E-state index contributed by atoms with van der Waals surface area (Å²) in [6.07, 6.45) is 3.16. The molecular weight excluding hydrogens is 372 g/mol. The minimum Gasteiger partial charge on any atom is -0.491 e. The average Bonchev–Trinajstić information content (AvgIpc) is 2.69. The Morgan fingerprint density at radius 1 is 1.03 bits per heavy atom. The fraction of sp³-hybridized carbons (Fsp3) is 0.455. The van der Waals surface area contributed by atoms with E-state index < -0.39 is 6.09 Å². The van der Waals surface area contributed by atoms with Crippen LogP contribution in [-0.2, 0) is 4.74 Å². The second-order valence-electron chi connectivity index (χ2n) is 6.92. The Hall–Kier alpha value is -2.96. The zero-order valence-electron chi connectivity index (χ0n) is 17.5. The molecule has 29 heavy (non-hydrogen) atoms. The number of carbonyl (C=O) groups excluding carboxylic acids is 1. The Morgan fingerprint density at radius 2 is 1.72 bits per heavy atom. The smallest absolute Gasteiger partial charge is 0.407 e. The number of hydrogen-bond acceptors (Lipinski definition) is 6. The summed E-state index contributed by atoms with van der Waals surface area (Å²) in [5.74, 6) is 2.51. The van der Waals surface area contributed by atoms with Gasteiger partial charge in [0.15, 0.2) is 0 Å². The maximum atomic E-state index is 11.6. The standard InChI is InChI=1S/C22H30N2O5/c1-5-6-13-26-22(25)24-17(4)15-27-18-7-9-19(10-8-18)29-21-12-11-20(14-23-21)28-16(2)3/h7-12,14,16-17H,5-6,13,15H2,1-4H3,(H,24,25). The Kier molecular flexibility index (Phi) is 9.08. The first-order valence-electron chi connectivity index (χ1n) is 9.93. The molecule has 0 fully saturated rings. The fourth-order valence-electron chi connectivity index (χ4n) is 2.31. The van der Waals surface area contributed by atoms with E-state index >= 15 is 0 Å². The van der Waals surface area contributed by atoms with Crippen LogP contribution in [0.3, 0.4) is 0 Å². The van der Waals surface area contributed by atoms with E-state index in [0.717, 1.165) is 12.8 Å². The van der Waals surface area contributed by atoms with Gasteiger partial charge in [0.05, 0.1) is 24.9 Å². The maximum Gasteiger partial charge on any atom is 0.407 e. The van der Waals surface area contributed by atoms with Crippen LogP contribution in [0.15, 0.2) is 42.6 Å². The number of amides is 1. The van der Waals surface area contributed by atoms with E-state index in [1.807, 2.05) is 33.8 Å². The molecule has 1 aromatic heterocycles. The molecule has 2 rings (SSSR count). The van der Waals surface area contributed by atoms with Gasteiger partial charge in [-0.1, -0.05) is 13.3 Å². The summed E-state index contributed by atoms with van der Waals surface area (Å²) in [7, 11) is 0. The molecule has 7 nitrogen and oxygen atoms in total. The first-order valence-corrected chi connectivity index (χ1v) is 9.93. The lowest BCUT2D eigenvalue weighted by Gasteiger charge is -2.15. The number of aromatic nitrogens is 1. The van der Waals surface area contributed by atoms with Gasteiger partial charge in [-0.2, -0.15) is 0 Å². The normalized spacial score (nSPS) is 11.6. The van der Waals surface area contributed by atoms with Crippen LogP contribution in [0.25, 0.3) is 0 Å². The monoisotopic (exact) mass is 402 g/mol. The quantitative estimate of drug-likeness (QED) is 0.536. The summed E-state index contributed by atoms with van der Waals surface area (Å²) in [6, 6.07) is 10.6. The lowest BCUT2D eigenvalue weighted by Crippen LogP contribution is -2.37. The van der Waals surface area contributed by atoms with Crippen molar-refractivity contribution >= 4 is 6.09 Å². The zero-order valence-corrected chi connectivity index (χ0v) is 17.5. The van der Waals surface area contributed by atoms with Crippen molar-refractivity contribution < 1.29 is 23.7 Å². The molecular formula is C22H30N2O5. The molecule has 0 aliphatic rings. The number of nitrogens with zero attached hydrogens (tertiary/aromatic N) is 1. The Balaban J connectivity index is 1.76. The van der Waals surface area contributed by atoms with Gasteiger partial charge in [-0.3, -0.25) is 0 Å². The van der Waals surface area contributed by atoms with Crippen LogP contribution in [0.4, 0.5) is 4.79 Å². The molecule has 1 amide bonds. The number of unbranched alkanes of at least 4 members (excludes halogenated alkanes) is 1. The molecule has 1 unspecified atom stereocenters. The van der Waals surface area contributed by atoms with E-state index in [1.54, 1.807) is 36.5 Å². The minimum absolute atomic E-state index is 0.0979. The van der Waals surface area contributed by atoms with Gasteiger partial charge in [-0.15, -0.1) is 0 Å². The number of hydrogen-bond donors (Lipinski definition) is 1. The van der Waals surface area contributed by atoms with Gasteiger partial charge in [-0.25, -0.2) is 9.78 Å². The molecule has 1 atom stereocenters. The number of pyridine rings is 1. The van der Waals surface area contributed by atoms with Crippen LogP contribution in [0, 0.1) is 0 Å². The molecule has 7 heteroatoms. The van der Waals surface area contributed by atoms with Crippen LogP contribution >= 0.6 is 0 Å². The van der Waals surface area contributed by atoms with E-state index in [1.165, 1.54) is 0 Å². The highest BCUT2D eigenvalue weighted by atomic mass is 16.5. The van der Waals surface area contributed by atoms with Gasteiger partial charge < -0.3 is 24.3 Å². The highest BCUT2D eigenvalue weighted by molar-refractivity contribution is 5.67. The van der Waals surface area contributed by atoms with Gasteiger partial charge in [0.25, 0.3) is 0 Å². The zero-order chi connectivity index (χ0) is 21.1. The van der Waals surface area contributed by atoms with Crippen molar-refractivity contribution in [1.82, 2.24) is 10.3 Å². The van der Waals surface area contributed by atoms with Crippen molar-refractivity contribution in [2.24, 2.45) is 0 Å². The third-order valence-corrected chi connectivity index (χ3v) is 3.72. The maximum absolute atomic E-state index is 11.6. The van der Waals surface area contributed by atoms with Crippen molar-refractivity contribution in [3.63, 3.8) is 0 Å². The lowest BCUT2D eigenvalue weighted by molar-refractivity contribution is 0.137. The molecule has 1 heterocycles. The predicted octanol–water partition coefficient (Wildman–Crippen LogP) is 4.95. The first kappa shape index (κ1) is 22.3. The van der Waals surface area contributed by atoms with E-state index in [9.17, 15) is 4.79 Å². The summed E-state index contributed by atoms with van der Waals surface area (Å²) in [4.78, 5) is 15.8. The summed E-state index contributed by atoms with van der Waals surface area (Å²) in [6.45, 7) is 8.59. The van der Waals surface area contributed by atoms with E-state index in [2.05, 4.69) is 10.3 Å². The van der Waals surface area contributed by atoms with Gasteiger partial charge in [0.2, 0.25) is 5.88 Å². The van der Waals surface area contributed by atoms with E-state index in [0.29, 0.717) is 36.3 Å². The summed E-state index contributed by atoms with van der Waals surface area (Å²) in [5, 5.41) is 2.74. The van der Waals surface area contributed by atoms with Gasteiger partial charge in [0, 0.05) is 6.07 Å². The number of carbonyl (C=O) groups is 1. The summed E-state index contributed by atoms with van der Waals surface area (Å²) in [5.41, 5.74) is 0. The van der Waals surface area contributed by atoms with Gasteiger partial charge in [-0.05, 0) is 57.5 Å². The third kappa shape index (κ3) is 8.72. The van der Waals surface area contributed by atoms with Crippen molar-refractivity contribution in [3.8, 4) is 23.1 Å². The molecule has 158 valence electrons. The first-order chi connectivity index (χ1) is 14.0. The highest BCUT2D eigenvalue weighted by Gasteiger charge is 2.09. The number of rotatable bonds is 11. The Morgan fingerprint density at radius 3 is 2.34 bits per heavy atom. The second kappa shape index (κ2) is 11.8. The molecule has 0 aliphatic heterocycles. The largest absolute Gasteiger partial charge is 0.491 e. The van der Waals surface area contributed by atoms with Crippen LogP contribution < -0.4 is 19.5 Å². The summed E-state index contributed by atoms with van der Waals surface area (Å²) < 4.78 is 22.0. The Bertz CT molecular complexity index is 732. The van der Waals surface area contributed by atoms with E-state index in [4.69, 9.17) is 18.9 Å². The molecule has 2 aromatic rings. The second-order valence-corrected chi connectivity index (χ2v) is 6.92. The molecule has 0 saturated heterocycles. The van der Waals surface area contributed by atoms with Crippen LogP contribution in [0.5, 0.6) is 23.1 Å². The predicted molar refractivity (Wildman–Crippen MR) is 111 cm³/mol. The van der Waals surface area contributed by atoms with Crippen molar-refractivity contribution in [2.75, 3.05) is 13.2 Å². The average molecular weight is 402 g/mol. The van der Waals surface area contributed by atoms with Crippen molar-refractivity contribution in [2.45, 2.75) is 52.7 Å². The molecule has 1 N–H and O–H groups in total. The molecule has 0 aliphatic carbocycles. The number of alkyl carbamates (subject to hydrolysis) is 1. The Labute approximate surface area is 172 Å². The third-order valence-electron chi connectivity index (χ3n) is 3.72. The lowest BCUT2D eigenvalue weighted by atomic mass is 10.3. The molecule has 0 radical (unpaired) electrons. The van der Waals surface area contributed by atoms with E-state index in [-0.39, 0.29) is 12.1 Å². The summed E-state index contributed by atoms with van der Waals surface area (Å²) >= 11 is 0. The fourth-order valence-corrected chi connectivity index (χ4v) is 2.31. The van der Waals surface area contributed by atoms with Gasteiger partial charge in [0.1, 0.15) is 23.9 Å². The minimum atomic E-state index is -0.421. The van der Waals surface area contributed by atoms with Crippen LogP contribution in [-0.4, -0.2) is 36.4 Å². The topological polar surface area (TPSA) is 78.9 Å². The van der Waals surface area contributed by atoms with Crippen molar-refractivity contribution in [1.29, 1.82) is 0 Å². The number of nitrogens with one attached hydrogen (secondary N) is 1. The molecule has 0 spiro atoms. The molecule has 0 saturated carbocycles. The number of ether oxygens (including phenoxy) is 4. The SMILES string of the molecule is CCCCOC(=O)NC(C)COc1ccc(Oc2ccc(OC(C)C)cn2)cc1. The number of benzene rings is 1.